The van der Waals surface area contributed by atoms with Gasteiger partial charge in [-0.2, -0.15) is 0 Å². The van der Waals surface area contributed by atoms with Crippen LogP contribution in [0.25, 0.3) is 0 Å². The molecule has 1 saturated heterocycles. The molecule has 180 valence electrons. The van der Waals surface area contributed by atoms with Crippen LogP contribution >= 0.6 is 0 Å². The number of halogens is 1. The second-order valence-corrected chi connectivity index (χ2v) is 8.99. The second kappa shape index (κ2) is 9.41. The Labute approximate surface area is 204 Å². The zero-order chi connectivity index (χ0) is 24.5. The Morgan fingerprint density at radius 2 is 1.57 bits per heavy atom. The molecule has 0 N–H and O–H groups in total. The van der Waals surface area contributed by atoms with Crippen molar-refractivity contribution in [2.24, 2.45) is 0 Å². The third-order valence-corrected chi connectivity index (χ3v) is 7.09. The summed E-state index contributed by atoms with van der Waals surface area (Å²) < 4.78 is 18.6. The fraction of sp³-hybridized carbons (Fsp3) is 0.286. The predicted molar refractivity (Wildman–Crippen MR) is 132 cm³/mol. The van der Waals surface area contributed by atoms with E-state index < -0.39 is 12.0 Å². The monoisotopic (exact) mass is 473 g/mol. The highest BCUT2D eigenvalue weighted by Crippen LogP contribution is 2.43. The largest absolute Gasteiger partial charge is 0.497 e. The summed E-state index contributed by atoms with van der Waals surface area (Å²) in [7, 11) is 3.37. The van der Waals surface area contributed by atoms with Crippen LogP contribution in [0.5, 0.6) is 5.75 Å². The van der Waals surface area contributed by atoms with Gasteiger partial charge in [0.25, 0.3) is 5.91 Å². The van der Waals surface area contributed by atoms with Gasteiger partial charge in [-0.3, -0.25) is 9.59 Å². The van der Waals surface area contributed by atoms with E-state index in [9.17, 15) is 14.0 Å². The van der Waals surface area contributed by atoms with Gasteiger partial charge in [0.1, 0.15) is 11.6 Å². The first-order valence-electron chi connectivity index (χ1n) is 11.8. The van der Waals surface area contributed by atoms with E-state index in [-0.39, 0.29) is 17.6 Å². The van der Waals surface area contributed by atoms with Crippen molar-refractivity contribution in [3.63, 3.8) is 0 Å². The van der Waals surface area contributed by atoms with E-state index in [0.29, 0.717) is 31.7 Å². The highest BCUT2D eigenvalue weighted by Gasteiger charge is 2.44. The number of ether oxygens (including phenoxy) is 1. The maximum absolute atomic E-state index is 14.1. The number of piperazine rings is 1. The molecule has 3 aromatic carbocycles. The van der Waals surface area contributed by atoms with E-state index in [4.69, 9.17) is 4.74 Å². The number of hydrogen-bond donors (Lipinski definition) is 0. The van der Waals surface area contributed by atoms with Crippen molar-refractivity contribution < 1.29 is 18.7 Å². The van der Waals surface area contributed by atoms with Gasteiger partial charge in [0.05, 0.1) is 19.1 Å². The Morgan fingerprint density at radius 3 is 2.23 bits per heavy atom. The highest BCUT2D eigenvalue weighted by atomic mass is 19.1. The summed E-state index contributed by atoms with van der Waals surface area (Å²) in [5.41, 5.74) is 3.17. The molecular weight excluding hydrogens is 445 g/mol. The van der Waals surface area contributed by atoms with E-state index in [1.165, 1.54) is 12.1 Å². The average molecular weight is 474 g/mol. The third-order valence-electron chi connectivity index (χ3n) is 7.09. The molecule has 2 amide bonds. The van der Waals surface area contributed by atoms with Gasteiger partial charge < -0.3 is 19.4 Å². The topological polar surface area (TPSA) is 53.1 Å². The Hall–Kier alpha value is -3.87. The molecule has 2 aliphatic heterocycles. The van der Waals surface area contributed by atoms with E-state index in [1.54, 1.807) is 37.3 Å². The number of hydrogen-bond acceptors (Lipinski definition) is 4. The Kier molecular flexibility index (Phi) is 6.16. The third kappa shape index (κ3) is 4.22. The summed E-state index contributed by atoms with van der Waals surface area (Å²) in [5, 5.41) is 0. The number of benzene rings is 3. The molecule has 0 radical (unpaired) electrons. The van der Waals surface area contributed by atoms with Crippen molar-refractivity contribution >= 4 is 17.5 Å². The smallest absolute Gasteiger partial charge is 0.254 e. The number of likely N-dealkylation sites (N-methyl/N-ethyl adjacent to an activating group) is 1. The number of anilines is 1. The zero-order valence-corrected chi connectivity index (χ0v) is 19.9. The van der Waals surface area contributed by atoms with Crippen LogP contribution < -0.4 is 9.64 Å². The quantitative estimate of drug-likeness (QED) is 0.573. The first-order chi connectivity index (χ1) is 17.0. The Bertz CT molecular complexity index is 1220. The second-order valence-electron chi connectivity index (χ2n) is 8.99. The lowest BCUT2D eigenvalue weighted by atomic mass is 9.79. The van der Waals surface area contributed by atoms with Gasteiger partial charge in [0, 0.05) is 44.5 Å². The van der Waals surface area contributed by atoms with Gasteiger partial charge in [-0.1, -0.05) is 30.3 Å². The van der Waals surface area contributed by atoms with Crippen LogP contribution in [0.4, 0.5) is 10.1 Å². The number of fused-ring (bicyclic) bond motifs is 1. The van der Waals surface area contributed by atoms with Crippen LogP contribution in [0.3, 0.4) is 0 Å². The normalized spacial score (nSPS) is 20.0. The van der Waals surface area contributed by atoms with Crippen LogP contribution in [0.1, 0.15) is 33.4 Å². The summed E-state index contributed by atoms with van der Waals surface area (Å²) in [6.07, 6.45) is 0. The van der Waals surface area contributed by atoms with Crippen LogP contribution in [0, 0.1) is 5.82 Å². The van der Waals surface area contributed by atoms with Gasteiger partial charge in [0.2, 0.25) is 5.91 Å². The van der Waals surface area contributed by atoms with E-state index in [0.717, 1.165) is 22.6 Å². The molecule has 2 unspecified atom stereocenters. The van der Waals surface area contributed by atoms with Gasteiger partial charge in [-0.25, -0.2) is 4.39 Å². The molecule has 2 atom stereocenters. The molecule has 0 aromatic heterocycles. The maximum atomic E-state index is 14.1. The summed E-state index contributed by atoms with van der Waals surface area (Å²) >= 11 is 0. The minimum atomic E-state index is -0.514. The SMILES string of the molecule is COc1ccc(C2C(C(=O)N3CCN(c4ccc(F)cc4)CC3)c3ccccc3C(=O)N2C)cc1. The maximum Gasteiger partial charge on any atom is 0.254 e. The number of amides is 2. The Balaban J connectivity index is 1.45. The van der Waals surface area contributed by atoms with Crippen LogP contribution in [-0.4, -0.2) is 62.0 Å². The minimum absolute atomic E-state index is 0.0105. The van der Waals surface area contributed by atoms with E-state index in [2.05, 4.69) is 4.90 Å². The van der Waals surface area contributed by atoms with Gasteiger partial charge in [-0.05, 0) is 53.6 Å². The van der Waals surface area contributed by atoms with Crippen molar-refractivity contribution in [1.29, 1.82) is 0 Å². The van der Waals surface area contributed by atoms with Gasteiger partial charge in [0.15, 0.2) is 0 Å². The van der Waals surface area contributed by atoms with Crippen LogP contribution in [0.2, 0.25) is 0 Å². The molecule has 2 heterocycles. The number of methoxy groups -OCH3 is 1. The molecule has 0 aliphatic carbocycles. The van der Waals surface area contributed by atoms with Gasteiger partial charge in [-0.15, -0.1) is 0 Å². The number of nitrogens with zero attached hydrogens (tertiary/aromatic N) is 3. The summed E-state index contributed by atoms with van der Waals surface area (Å²) in [6.45, 7) is 2.44. The molecule has 0 saturated carbocycles. The number of carbonyl (C=O) groups is 2. The fourth-order valence-electron chi connectivity index (χ4n) is 5.19. The standard InChI is InChI=1S/C28H28FN3O3/c1-30-26(19-7-13-22(35-2)14-8-19)25(23-5-3-4-6-24(23)27(30)33)28(34)32-17-15-31(16-18-32)21-11-9-20(29)10-12-21/h3-14,25-26H,15-18H2,1-2H3. The zero-order valence-electron chi connectivity index (χ0n) is 19.9. The number of rotatable bonds is 4. The molecule has 35 heavy (non-hydrogen) atoms. The van der Waals surface area contributed by atoms with E-state index >= 15 is 0 Å². The summed E-state index contributed by atoms with van der Waals surface area (Å²) in [4.78, 5) is 33.0. The van der Waals surface area contributed by atoms with Crippen molar-refractivity contribution in [3.05, 3.63) is 95.3 Å². The lowest BCUT2D eigenvalue weighted by Crippen LogP contribution is -2.53. The molecule has 1 fully saturated rings. The molecule has 2 aliphatic rings. The van der Waals surface area contributed by atoms with Crippen LogP contribution in [0.15, 0.2) is 72.8 Å². The molecular formula is C28H28FN3O3. The molecule has 7 heteroatoms. The molecule has 0 bridgehead atoms. The van der Waals surface area contributed by atoms with Crippen molar-refractivity contribution in [3.8, 4) is 5.75 Å². The molecule has 0 spiro atoms. The Morgan fingerprint density at radius 1 is 0.914 bits per heavy atom. The fourth-order valence-corrected chi connectivity index (χ4v) is 5.19. The highest BCUT2D eigenvalue weighted by molar-refractivity contribution is 6.01. The molecule has 3 aromatic rings. The lowest BCUT2D eigenvalue weighted by Gasteiger charge is -2.43. The van der Waals surface area contributed by atoms with Crippen molar-refractivity contribution in [1.82, 2.24) is 9.80 Å². The van der Waals surface area contributed by atoms with Crippen LogP contribution in [-0.2, 0) is 4.79 Å². The first-order valence-corrected chi connectivity index (χ1v) is 11.8. The minimum Gasteiger partial charge on any atom is -0.497 e. The first kappa shape index (κ1) is 22.9. The predicted octanol–water partition coefficient (Wildman–Crippen LogP) is 4.09. The summed E-state index contributed by atoms with van der Waals surface area (Å²) in [6, 6.07) is 21.0. The van der Waals surface area contributed by atoms with Gasteiger partial charge >= 0.3 is 0 Å². The molecule has 6 nitrogen and oxygen atoms in total. The van der Waals surface area contributed by atoms with Crippen molar-refractivity contribution in [2.45, 2.75) is 12.0 Å². The molecule has 5 rings (SSSR count). The summed E-state index contributed by atoms with van der Waals surface area (Å²) in [5.74, 6) is -0.136. The average Bonchev–Trinajstić information content (AvgIpc) is 2.91. The van der Waals surface area contributed by atoms with Crippen molar-refractivity contribution in [2.75, 3.05) is 45.2 Å². The lowest BCUT2D eigenvalue weighted by molar-refractivity contribution is -0.134. The van der Waals surface area contributed by atoms with E-state index in [1.807, 2.05) is 47.4 Å². The number of carbonyl (C=O) groups excluding carboxylic acids is 2.